The van der Waals surface area contributed by atoms with Gasteiger partial charge in [0.05, 0.1) is 6.10 Å². The molecular formula is C15H25N3O2. The van der Waals surface area contributed by atoms with Crippen molar-refractivity contribution in [3.8, 4) is 0 Å². The second-order valence-electron chi connectivity index (χ2n) is 4.91. The van der Waals surface area contributed by atoms with Crippen LogP contribution in [0.3, 0.4) is 0 Å². The number of nitrogens with one attached hydrogen (secondary N) is 2. The van der Waals surface area contributed by atoms with Crippen molar-refractivity contribution in [2.45, 2.75) is 39.3 Å². The molecule has 0 unspecified atom stereocenters. The van der Waals surface area contributed by atoms with E-state index in [4.69, 9.17) is 10.5 Å². The summed E-state index contributed by atoms with van der Waals surface area (Å²) in [5.41, 5.74) is 7.31. The molecule has 0 atom stereocenters. The Balaban J connectivity index is 2.16. The maximum Gasteiger partial charge on any atom is 0.319 e. The molecule has 0 aliphatic rings. The van der Waals surface area contributed by atoms with Crippen molar-refractivity contribution in [3.63, 3.8) is 0 Å². The van der Waals surface area contributed by atoms with E-state index in [9.17, 15) is 4.79 Å². The molecule has 0 heterocycles. The topological polar surface area (TPSA) is 76.4 Å². The summed E-state index contributed by atoms with van der Waals surface area (Å²) in [5.74, 6) is 0. The van der Waals surface area contributed by atoms with Gasteiger partial charge < -0.3 is 21.1 Å². The second-order valence-corrected chi connectivity index (χ2v) is 4.91. The van der Waals surface area contributed by atoms with Crippen LogP contribution in [-0.4, -0.2) is 25.3 Å². The number of urea groups is 1. The van der Waals surface area contributed by atoms with E-state index in [1.807, 2.05) is 38.1 Å². The summed E-state index contributed by atoms with van der Waals surface area (Å²) in [6.07, 6.45) is 2.12. The van der Waals surface area contributed by atoms with Crippen molar-refractivity contribution >= 4 is 11.7 Å². The maximum atomic E-state index is 11.7. The molecule has 112 valence electrons. The highest BCUT2D eigenvalue weighted by molar-refractivity contribution is 5.89. The molecule has 0 radical (unpaired) electrons. The van der Waals surface area contributed by atoms with Gasteiger partial charge in [0, 0.05) is 25.4 Å². The first-order valence-corrected chi connectivity index (χ1v) is 7.07. The standard InChI is InChI=1S/C15H25N3O2/c1-12(2)20-9-4-3-8-17-15(19)18-14-7-5-6-13(10-14)11-16/h5-7,10,12H,3-4,8-9,11,16H2,1-2H3,(H2,17,18,19). The van der Waals surface area contributed by atoms with Gasteiger partial charge in [-0.3, -0.25) is 0 Å². The molecule has 0 spiro atoms. The molecule has 5 heteroatoms. The van der Waals surface area contributed by atoms with Crippen LogP contribution in [0.5, 0.6) is 0 Å². The summed E-state index contributed by atoms with van der Waals surface area (Å²) in [4.78, 5) is 11.7. The van der Waals surface area contributed by atoms with Gasteiger partial charge in [-0.1, -0.05) is 12.1 Å². The van der Waals surface area contributed by atoms with Gasteiger partial charge in [-0.2, -0.15) is 0 Å². The summed E-state index contributed by atoms with van der Waals surface area (Å²) in [7, 11) is 0. The molecule has 20 heavy (non-hydrogen) atoms. The SMILES string of the molecule is CC(C)OCCCCNC(=O)Nc1cccc(CN)c1. The molecule has 5 nitrogen and oxygen atoms in total. The van der Waals surface area contributed by atoms with Crippen molar-refractivity contribution in [2.24, 2.45) is 5.73 Å². The van der Waals surface area contributed by atoms with E-state index in [1.54, 1.807) is 0 Å². The third-order valence-corrected chi connectivity index (χ3v) is 2.73. The van der Waals surface area contributed by atoms with Crippen molar-refractivity contribution in [1.82, 2.24) is 5.32 Å². The molecule has 2 amide bonds. The minimum absolute atomic E-state index is 0.191. The highest BCUT2D eigenvalue weighted by atomic mass is 16.5. The zero-order chi connectivity index (χ0) is 14.8. The van der Waals surface area contributed by atoms with E-state index in [2.05, 4.69) is 10.6 Å². The normalized spacial score (nSPS) is 10.6. The number of carbonyl (C=O) groups excluding carboxylic acids is 1. The van der Waals surface area contributed by atoms with Crippen LogP contribution in [0.15, 0.2) is 24.3 Å². The van der Waals surface area contributed by atoms with E-state index in [-0.39, 0.29) is 12.1 Å². The molecule has 0 aliphatic heterocycles. The molecule has 1 aromatic carbocycles. The Morgan fingerprint density at radius 1 is 1.35 bits per heavy atom. The van der Waals surface area contributed by atoms with Crippen LogP contribution in [-0.2, 0) is 11.3 Å². The van der Waals surface area contributed by atoms with Crippen LogP contribution < -0.4 is 16.4 Å². The van der Waals surface area contributed by atoms with Crippen molar-refractivity contribution in [3.05, 3.63) is 29.8 Å². The number of anilines is 1. The number of carbonyl (C=O) groups is 1. The van der Waals surface area contributed by atoms with Crippen LogP contribution >= 0.6 is 0 Å². The molecule has 0 bridgehead atoms. The van der Waals surface area contributed by atoms with Crippen molar-refractivity contribution in [2.75, 3.05) is 18.5 Å². The zero-order valence-electron chi connectivity index (χ0n) is 12.3. The summed E-state index contributed by atoms with van der Waals surface area (Å²) < 4.78 is 5.43. The summed E-state index contributed by atoms with van der Waals surface area (Å²) in [6, 6.07) is 7.33. The monoisotopic (exact) mass is 279 g/mol. The van der Waals surface area contributed by atoms with Crippen LogP contribution in [0.4, 0.5) is 10.5 Å². The van der Waals surface area contributed by atoms with Crippen LogP contribution in [0.25, 0.3) is 0 Å². The number of benzene rings is 1. The minimum Gasteiger partial charge on any atom is -0.379 e. The fourth-order valence-electron chi connectivity index (χ4n) is 1.70. The molecular weight excluding hydrogens is 254 g/mol. The Labute approximate surface area is 120 Å². The van der Waals surface area contributed by atoms with Gasteiger partial charge >= 0.3 is 6.03 Å². The number of amides is 2. The fraction of sp³-hybridized carbons (Fsp3) is 0.533. The van der Waals surface area contributed by atoms with Crippen LogP contribution in [0.2, 0.25) is 0 Å². The molecule has 0 fully saturated rings. The third kappa shape index (κ3) is 7.11. The molecule has 0 saturated heterocycles. The van der Waals surface area contributed by atoms with E-state index in [1.165, 1.54) is 0 Å². The lowest BCUT2D eigenvalue weighted by atomic mass is 10.2. The van der Waals surface area contributed by atoms with E-state index in [0.717, 1.165) is 30.7 Å². The highest BCUT2D eigenvalue weighted by Gasteiger charge is 2.01. The second kappa shape index (κ2) is 9.34. The lowest BCUT2D eigenvalue weighted by molar-refractivity contribution is 0.0761. The van der Waals surface area contributed by atoms with Crippen LogP contribution in [0.1, 0.15) is 32.3 Å². The predicted molar refractivity (Wildman–Crippen MR) is 81.7 cm³/mol. The quantitative estimate of drug-likeness (QED) is 0.640. The van der Waals surface area contributed by atoms with E-state index in [0.29, 0.717) is 13.1 Å². The van der Waals surface area contributed by atoms with E-state index >= 15 is 0 Å². The number of rotatable bonds is 8. The van der Waals surface area contributed by atoms with Crippen molar-refractivity contribution < 1.29 is 9.53 Å². The van der Waals surface area contributed by atoms with Gasteiger partial charge in [-0.05, 0) is 44.4 Å². The number of nitrogens with two attached hydrogens (primary N) is 1. The Kier molecular flexibility index (Phi) is 7.69. The summed E-state index contributed by atoms with van der Waals surface area (Å²) >= 11 is 0. The van der Waals surface area contributed by atoms with Gasteiger partial charge in [-0.25, -0.2) is 4.79 Å². The zero-order valence-corrected chi connectivity index (χ0v) is 12.3. The fourth-order valence-corrected chi connectivity index (χ4v) is 1.70. The van der Waals surface area contributed by atoms with Gasteiger partial charge in [0.2, 0.25) is 0 Å². The Hall–Kier alpha value is -1.59. The van der Waals surface area contributed by atoms with Gasteiger partial charge in [0.15, 0.2) is 0 Å². The molecule has 1 aromatic rings. The smallest absolute Gasteiger partial charge is 0.319 e. The first-order valence-electron chi connectivity index (χ1n) is 7.07. The lowest BCUT2D eigenvalue weighted by Crippen LogP contribution is -2.29. The molecule has 0 aliphatic carbocycles. The first kappa shape index (κ1) is 16.5. The Morgan fingerprint density at radius 3 is 2.85 bits per heavy atom. The van der Waals surface area contributed by atoms with Gasteiger partial charge in [0.25, 0.3) is 0 Å². The Morgan fingerprint density at radius 2 is 2.15 bits per heavy atom. The molecule has 0 saturated carbocycles. The number of hydrogen-bond donors (Lipinski definition) is 3. The largest absolute Gasteiger partial charge is 0.379 e. The van der Waals surface area contributed by atoms with Crippen molar-refractivity contribution in [1.29, 1.82) is 0 Å². The first-order chi connectivity index (χ1) is 9.61. The lowest BCUT2D eigenvalue weighted by Gasteiger charge is -2.09. The van der Waals surface area contributed by atoms with E-state index < -0.39 is 0 Å². The minimum atomic E-state index is -0.191. The van der Waals surface area contributed by atoms with Gasteiger partial charge in [-0.15, -0.1) is 0 Å². The Bertz CT molecular complexity index is 408. The van der Waals surface area contributed by atoms with Gasteiger partial charge in [0.1, 0.15) is 0 Å². The average molecular weight is 279 g/mol. The third-order valence-electron chi connectivity index (χ3n) is 2.73. The number of ether oxygens (including phenoxy) is 1. The summed E-state index contributed by atoms with van der Waals surface area (Å²) in [6.45, 7) is 5.87. The predicted octanol–water partition coefficient (Wildman–Crippen LogP) is 2.47. The molecule has 4 N–H and O–H groups in total. The highest BCUT2D eigenvalue weighted by Crippen LogP contribution is 2.09. The molecule has 1 rings (SSSR count). The number of unbranched alkanes of at least 4 members (excludes halogenated alkanes) is 1. The average Bonchev–Trinajstić information content (AvgIpc) is 2.42. The maximum absolute atomic E-state index is 11.7. The number of hydrogen-bond acceptors (Lipinski definition) is 3. The molecule has 0 aromatic heterocycles. The summed E-state index contributed by atoms with van der Waals surface area (Å²) in [5, 5.41) is 5.61. The van der Waals surface area contributed by atoms with Crippen LogP contribution in [0, 0.1) is 0 Å².